The number of carbonyl (C=O) groups excluding carboxylic acids is 2. The van der Waals surface area contributed by atoms with Crippen molar-refractivity contribution >= 4 is 28.2 Å². The molecule has 1 aromatic heterocycles. The van der Waals surface area contributed by atoms with Crippen LogP contribution in [0.25, 0.3) is 0 Å². The monoisotopic (exact) mass is 450 g/mol. The largest absolute Gasteiger partial charge is 0.497 e. The van der Waals surface area contributed by atoms with Gasteiger partial charge in [-0.3, -0.25) is 9.69 Å². The molecule has 0 bridgehead atoms. The second kappa shape index (κ2) is 9.97. The van der Waals surface area contributed by atoms with Crippen LogP contribution < -0.4 is 10.1 Å². The van der Waals surface area contributed by atoms with Gasteiger partial charge in [0.2, 0.25) is 0 Å². The molecule has 7 heteroatoms. The molecule has 0 saturated heterocycles. The van der Waals surface area contributed by atoms with Gasteiger partial charge < -0.3 is 14.8 Å². The van der Waals surface area contributed by atoms with Crippen molar-refractivity contribution in [3.8, 4) is 5.75 Å². The fraction of sp³-hybridized carbons (Fsp3) is 0.280. The Bertz CT molecular complexity index is 1090. The van der Waals surface area contributed by atoms with Crippen LogP contribution in [0, 0.1) is 0 Å². The summed E-state index contributed by atoms with van der Waals surface area (Å²) in [5.74, 6) is 0.0309. The van der Waals surface area contributed by atoms with Gasteiger partial charge >= 0.3 is 5.97 Å². The van der Waals surface area contributed by atoms with Crippen molar-refractivity contribution in [3.05, 3.63) is 81.7 Å². The summed E-state index contributed by atoms with van der Waals surface area (Å²) in [6, 6.07) is 17.2. The van der Waals surface area contributed by atoms with E-state index in [1.54, 1.807) is 38.3 Å². The lowest BCUT2D eigenvalue weighted by atomic mass is 10.0. The second-order valence-electron chi connectivity index (χ2n) is 7.56. The van der Waals surface area contributed by atoms with E-state index in [4.69, 9.17) is 9.47 Å². The molecule has 6 nitrogen and oxygen atoms in total. The van der Waals surface area contributed by atoms with Crippen LogP contribution in [0.2, 0.25) is 0 Å². The number of methoxy groups -OCH3 is 1. The van der Waals surface area contributed by atoms with Gasteiger partial charge in [0.05, 0.1) is 19.3 Å². The average Bonchev–Trinajstić information content (AvgIpc) is 3.17. The van der Waals surface area contributed by atoms with Crippen LogP contribution in [-0.4, -0.2) is 37.0 Å². The molecule has 0 saturated carbocycles. The van der Waals surface area contributed by atoms with E-state index in [1.165, 1.54) is 16.9 Å². The van der Waals surface area contributed by atoms with E-state index in [0.29, 0.717) is 21.9 Å². The fourth-order valence-electron chi connectivity index (χ4n) is 3.86. The van der Waals surface area contributed by atoms with Gasteiger partial charge in [0.25, 0.3) is 5.91 Å². The molecule has 1 amide bonds. The third-order valence-electron chi connectivity index (χ3n) is 5.44. The van der Waals surface area contributed by atoms with Gasteiger partial charge in [-0.2, -0.15) is 0 Å². The van der Waals surface area contributed by atoms with Crippen LogP contribution in [0.1, 0.15) is 43.6 Å². The van der Waals surface area contributed by atoms with Gasteiger partial charge in [-0.05, 0) is 48.7 Å². The van der Waals surface area contributed by atoms with Crippen LogP contribution in [-0.2, 0) is 24.2 Å². The van der Waals surface area contributed by atoms with Gasteiger partial charge in [0, 0.05) is 30.1 Å². The maximum atomic E-state index is 12.9. The predicted molar refractivity (Wildman–Crippen MR) is 125 cm³/mol. The lowest BCUT2D eigenvalue weighted by molar-refractivity contribution is 0.0526. The first kappa shape index (κ1) is 22.0. The van der Waals surface area contributed by atoms with Gasteiger partial charge in [-0.15, -0.1) is 11.3 Å². The number of thiophene rings is 1. The predicted octanol–water partition coefficient (Wildman–Crippen LogP) is 4.74. The first-order valence-corrected chi connectivity index (χ1v) is 11.4. The molecular formula is C25H26N2O4S. The Kier molecular flexibility index (Phi) is 6.87. The van der Waals surface area contributed by atoms with E-state index >= 15 is 0 Å². The molecule has 0 atom stereocenters. The van der Waals surface area contributed by atoms with Crippen molar-refractivity contribution in [2.75, 3.05) is 25.6 Å². The summed E-state index contributed by atoms with van der Waals surface area (Å²) < 4.78 is 10.5. The minimum absolute atomic E-state index is 0.266. The summed E-state index contributed by atoms with van der Waals surface area (Å²) in [4.78, 5) is 29.1. The Morgan fingerprint density at radius 3 is 2.53 bits per heavy atom. The summed E-state index contributed by atoms with van der Waals surface area (Å²) in [6.45, 7) is 4.50. The Balaban J connectivity index is 1.58. The summed E-state index contributed by atoms with van der Waals surface area (Å²) in [7, 11) is 1.58. The van der Waals surface area contributed by atoms with Crippen LogP contribution in [0.15, 0.2) is 54.6 Å². The van der Waals surface area contributed by atoms with Crippen molar-refractivity contribution in [1.82, 2.24) is 4.90 Å². The van der Waals surface area contributed by atoms with Gasteiger partial charge in [0.1, 0.15) is 10.8 Å². The first-order valence-electron chi connectivity index (χ1n) is 10.6. The Morgan fingerprint density at radius 1 is 1.09 bits per heavy atom. The maximum Gasteiger partial charge on any atom is 0.341 e. The number of anilines is 1. The lowest BCUT2D eigenvalue weighted by Gasteiger charge is -2.27. The molecule has 0 unspecified atom stereocenters. The van der Waals surface area contributed by atoms with E-state index in [0.717, 1.165) is 36.5 Å². The van der Waals surface area contributed by atoms with Crippen molar-refractivity contribution in [2.24, 2.45) is 0 Å². The smallest absolute Gasteiger partial charge is 0.341 e. The number of nitrogens with zero attached hydrogens (tertiary/aromatic N) is 1. The van der Waals surface area contributed by atoms with Crippen molar-refractivity contribution in [2.45, 2.75) is 26.4 Å². The summed E-state index contributed by atoms with van der Waals surface area (Å²) in [6.07, 6.45) is 0.741. The average molecular weight is 451 g/mol. The first-order chi connectivity index (χ1) is 15.6. The van der Waals surface area contributed by atoms with E-state index in [1.807, 2.05) is 18.2 Å². The summed E-state index contributed by atoms with van der Waals surface area (Å²) >= 11 is 1.46. The minimum atomic E-state index is -0.383. The molecule has 2 heterocycles. The van der Waals surface area contributed by atoms with E-state index < -0.39 is 0 Å². The molecule has 2 aromatic carbocycles. The highest BCUT2D eigenvalue weighted by Gasteiger charge is 2.29. The number of esters is 1. The van der Waals surface area contributed by atoms with Crippen molar-refractivity contribution in [3.63, 3.8) is 0 Å². The number of amides is 1. The third kappa shape index (κ3) is 4.84. The molecular weight excluding hydrogens is 424 g/mol. The Labute approximate surface area is 191 Å². The van der Waals surface area contributed by atoms with Crippen LogP contribution in [0.3, 0.4) is 0 Å². The normalized spacial score (nSPS) is 13.3. The number of fused-ring (bicyclic) bond motifs is 1. The zero-order chi connectivity index (χ0) is 22.5. The molecule has 3 aromatic rings. The van der Waals surface area contributed by atoms with E-state index in [2.05, 4.69) is 22.3 Å². The molecule has 0 aliphatic carbocycles. The molecule has 4 rings (SSSR count). The van der Waals surface area contributed by atoms with Gasteiger partial charge in [-0.25, -0.2) is 4.79 Å². The molecule has 32 heavy (non-hydrogen) atoms. The Morgan fingerprint density at radius 2 is 1.84 bits per heavy atom. The number of benzene rings is 2. The quantitative estimate of drug-likeness (QED) is 0.527. The van der Waals surface area contributed by atoms with Gasteiger partial charge in [-0.1, -0.05) is 30.3 Å². The molecule has 1 N–H and O–H groups in total. The van der Waals surface area contributed by atoms with E-state index in [9.17, 15) is 9.59 Å². The molecule has 0 radical (unpaired) electrons. The van der Waals surface area contributed by atoms with Crippen LogP contribution >= 0.6 is 11.3 Å². The topological polar surface area (TPSA) is 67.9 Å². The maximum absolute atomic E-state index is 12.9. The van der Waals surface area contributed by atoms with Gasteiger partial charge in [0.15, 0.2) is 0 Å². The standard InChI is InChI=1S/C25H26N2O4S/c1-3-31-25(29)22-20-13-14-27(15-17-7-5-4-6-8-17)16-21(20)32-24(22)26-23(28)18-9-11-19(30-2)12-10-18/h4-12H,3,13-16H2,1-2H3,(H,26,28). The molecule has 166 valence electrons. The summed E-state index contributed by atoms with van der Waals surface area (Å²) in [5.41, 5.74) is 3.24. The molecule has 1 aliphatic rings. The number of hydrogen-bond acceptors (Lipinski definition) is 6. The number of carbonyl (C=O) groups is 2. The number of hydrogen-bond donors (Lipinski definition) is 1. The molecule has 0 fully saturated rings. The molecule has 1 aliphatic heterocycles. The fourth-order valence-corrected chi connectivity index (χ4v) is 5.13. The third-order valence-corrected chi connectivity index (χ3v) is 6.58. The molecule has 0 spiro atoms. The Hall–Kier alpha value is -3.16. The van der Waals surface area contributed by atoms with Crippen LogP contribution in [0.4, 0.5) is 5.00 Å². The van der Waals surface area contributed by atoms with E-state index in [-0.39, 0.29) is 18.5 Å². The highest BCUT2D eigenvalue weighted by molar-refractivity contribution is 7.17. The summed E-state index contributed by atoms with van der Waals surface area (Å²) in [5, 5.41) is 3.50. The van der Waals surface area contributed by atoms with Crippen molar-refractivity contribution in [1.29, 1.82) is 0 Å². The number of rotatable bonds is 7. The van der Waals surface area contributed by atoms with Crippen LogP contribution in [0.5, 0.6) is 5.75 Å². The zero-order valence-electron chi connectivity index (χ0n) is 18.2. The number of nitrogens with one attached hydrogen (secondary N) is 1. The minimum Gasteiger partial charge on any atom is -0.497 e. The SMILES string of the molecule is CCOC(=O)c1c(NC(=O)c2ccc(OC)cc2)sc2c1CCN(Cc1ccccc1)C2. The lowest BCUT2D eigenvalue weighted by Crippen LogP contribution is -2.29. The highest BCUT2D eigenvalue weighted by Crippen LogP contribution is 2.38. The highest BCUT2D eigenvalue weighted by atomic mass is 32.1. The number of ether oxygens (including phenoxy) is 2. The zero-order valence-corrected chi connectivity index (χ0v) is 19.0. The second-order valence-corrected chi connectivity index (χ2v) is 8.66. The van der Waals surface area contributed by atoms with Crippen molar-refractivity contribution < 1.29 is 19.1 Å².